The van der Waals surface area contributed by atoms with Gasteiger partial charge in [-0.05, 0) is 25.0 Å². The molecule has 0 aliphatic carbocycles. The molecule has 0 radical (unpaired) electrons. The van der Waals surface area contributed by atoms with Crippen molar-refractivity contribution >= 4 is 17.2 Å². The van der Waals surface area contributed by atoms with Crippen molar-refractivity contribution in [3.8, 4) is 21.0 Å². The fraction of sp³-hybridized carbons (Fsp3) is 0.154. The number of amides is 1. The van der Waals surface area contributed by atoms with E-state index in [4.69, 9.17) is 4.98 Å². The van der Waals surface area contributed by atoms with Gasteiger partial charge in [0.2, 0.25) is 5.91 Å². The molecule has 4 rings (SSSR count). The van der Waals surface area contributed by atoms with Gasteiger partial charge in [-0.15, -0.1) is 11.3 Å². The summed E-state index contributed by atoms with van der Waals surface area (Å²) in [5.74, 6) is -0.0235. The highest BCUT2D eigenvalue weighted by molar-refractivity contribution is 7.18. The van der Waals surface area contributed by atoms with Gasteiger partial charge < -0.3 is 5.32 Å². The molecule has 1 amide bonds. The molecule has 0 saturated heterocycles. The third-order valence-electron chi connectivity index (χ3n) is 5.04. The van der Waals surface area contributed by atoms with Crippen LogP contribution in [-0.4, -0.2) is 10.9 Å². The molecule has 0 saturated carbocycles. The number of aryl methyl sites for hydroxylation is 1. The molecule has 0 bridgehead atoms. The summed E-state index contributed by atoms with van der Waals surface area (Å²) in [6.07, 6.45) is 0.254. The number of nitrogens with one attached hydrogen (secondary N) is 1. The molecule has 1 atom stereocenters. The lowest BCUT2D eigenvalue weighted by Gasteiger charge is -2.14. The van der Waals surface area contributed by atoms with Gasteiger partial charge in [0.1, 0.15) is 5.01 Å². The van der Waals surface area contributed by atoms with Crippen molar-refractivity contribution in [1.29, 1.82) is 0 Å². The third-order valence-corrected chi connectivity index (χ3v) is 6.23. The van der Waals surface area contributed by atoms with Crippen LogP contribution in [0.15, 0.2) is 84.9 Å². The number of hydrogen-bond acceptors (Lipinski definition) is 3. The SMILES string of the molecule is Cc1ccc(-c2sc(-c3ccccc3)nc2CC(=O)NC(C)c2ccccc2)cc1. The van der Waals surface area contributed by atoms with Crippen LogP contribution in [0.5, 0.6) is 0 Å². The van der Waals surface area contributed by atoms with Crippen LogP contribution < -0.4 is 5.32 Å². The molecule has 1 N–H and O–H groups in total. The Bertz CT molecular complexity index is 1120. The maximum absolute atomic E-state index is 12.8. The van der Waals surface area contributed by atoms with Crippen LogP contribution in [0.4, 0.5) is 0 Å². The van der Waals surface area contributed by atoms with E-state index in [0.717, 1.165) is 32.3 Å². The Morgan fingerprint density at radius 3 is 2.20 bits per heavy atom. The van der Waals surface area contributed by atoms with Crippen LogP contribution in [0.25, 0.3) is 21.0 Å². The van der Waals surface area contributed by atoms with Crippen molar-refractivity contribution in [1.82, 2.24) is 10.3 Å². The van der Waals surface area contributed by atoms with E-state index in [1.54, 1.807) is 11.3 Å². The Hall–Kier alpha value is -3.24. The molecule has 4 heteroatoms. The van der Waals surface area contributed by atoms with Crippen LogP contribution in [0.2, 0.25) is 0 Å². The first kappa shape index (κ1) is 20.0. The van der Waals surface area contributed by atoms with Gasteiger partial charge in [0.25, 0.3) is 0 Å². The van der Waals surface area contributed by atoms with E-state index >= 15 is 0 Å². The normalized spacial score (nSPS) is 11.8. The Morgan fingerprint density at radius 1 is 0.900 bits per heavy atom. The molecule has 4 aromatic rings. The summed E-state index contributed by atoms with van der Waals surface area (Å²) in [5.41, 5.74) is 5.29. The zero-order valence-corrected chi connectivity index (χ0v) is 17.9. The number of thiazole rings is 1. The van der Waals surface area contributed by atoms with Gasteiger partial charge in [-0.2, -0.15) is 0 Å². The average Bonchev–Trinajstić information content (AvgIpc) is 3.19. The monoisotopic (exact) mass is 412 g/mol. The predicted octanol–water partition coefficient (Wildman–Crippen LogP) is 6.21. The molecular weight excluding hydrogens is 388 g/mol. The predicted molar refractivity (Wildman–Crippen MR) is 124 cm³/mol. The summed E-state index contributed by atoms with van der Waals surface area (Å²) < 4.78 is 0. The summed E-state index contributed by atoms with van der Waals surface area (Å²) >= 11 is 1.64. The van der Waals surface area contributed by atoms with Crippen molar-refractivity contribution in [2.75, 3.05) is 0 Å². The number of carbonyl (C=O) groups is 1. The summed E-state index contributed by atoms with van der Waals surface area (Å²) in [7, 11) is 0. The molecular formula is C26H24N2OS. The van der Waals surface area contributed by atoms with Crippen molar-refractivity contribution < 1.29 is 4.79 Å². The molecule has 1 unspecified atom stereocenters. The Labute approximate surface area is 181 Å². The Balaban J connectivity index is 1.61. The lowest BCUT2D eigenvalue weighted by molar-refractivity contribution is -0.121. The second-order valence-electron chi connectivity index (χ2n) is 7.40. The molecule has 0 aliphatic heterocycles. The molecule has 3 nitrogen and oxygen atoms in total. The summed E-state index contributed by atoms with van der Waals surface area (Å²) in [4.78, 5) is 18.7. The summed E-state index contributed by atoms with van der Waals surface area (Å²) in [5, 5.41) is 4.04. The molecule has 0 fully saturated rings. The van der Waals surface area contributed by atoms with Crippen molar-refractivity contribution in [3.05, 3.63) is 102 Å². The zero-order chi connectivity index (χ0) is 20.9. The second-order valence-corrected chi connectivity index (χ2v) is 8.40. The minimum Gasteiger partial charge on any atom is -0.349 e. The van der Waals surface area contributed by atoms with E-state index in [1.165, 1.54) is 5.56 Å². The fourth-order valence-corrected chi connectivity index (χ4v) is 4.47. The second kappa shape index (κ2) is 9.06. The highest BCUT2D eigenvalue weighted by atomic mass is 32.1. The van der Waals surface area contributed by atoms with Gasteiger partial charge >= 0.3 is 0 Å². The lowest BCUT2D eigenvalue weighted by atomic mass is 10.1. The molecule has 1 heterocycles. The average molecular weight is 413 g/mol. The molecule has 30 heavy (non-hydrogen) atoms. The van der Waals surface area contributed by atoms with E-state index in [0.29, 0.717) is 0 Å². The smallest absolute Gasteiger partial charge is 0.226 e. The van der Waals surface area contributed by atoms with E-state index in [2.05, 4.69) is 48.6 Å². The summed E-state index contributed by atoms with van der Waals surface area (Å²) in [6.45, 7) is 4.08. The fourth-order valence-electron chi connectivity index (χ4n) is 3.38. The van der Waals surface area contributed by atoms with E-state index in [9.17, 15) is 4.79 Å². The van der Waals surface area contributed by atoms with E-state index in [1.807, 2.05) is 55.5 Å². The largest absolute Gasteiger partial charge is 0.349 e. The highest BCUT2D eigenvalue weighted by Gasteiger charge is 2.18. The molecule has 0 aliphatic rings. The van der Waals surface area contributed by atoms with Crippen LogP contribution in [0.1, 0.15) is 29.8 Å². The van der Waals surface area contributed by atoms with Gasteiger partial charge in [0.05, 0.1) is 23.0 Å². The number of benzene rings is 3. The zero-order valence-electron chi connectivity index (χ0n) is 17.1. The van der Waals surface area contributed by atoms with Gasteiger partial charge in [0.15, 0.2) is 0 Å². The number of rotatable bonds is 6. The first-order chi connectivity index (χ1) is 14.6. The number of hydrogen-bond donors (Lipinski definition) is 1. The molecule has 3 aromatic carbocycles. The molecule has 0 spiro atoms. The number of aromatic nitrogens is 1. The molecule has 1 aromatic heterocycles. The van der Waals surface area contributed by atoms with Gasteiger partial charge in [0, 0.05) is 5.56 Å². The first-order valence-electron chi connectivity index (χ1n) is 10.1. The minimum atomic E-state index is -0.0474. The Morgan fingerprint density at radius 2 is 1.53 bits per heavy atom. The number of carbonyl (C=O) groups excluding carboxylic acids is 1. The lowest BCUT2D eigenvalue weighted by Crippen LogP contribution is -2.28. The molecule has 150 valence electrons. The van der Waals surface area contributed by atoms with E-state index < -0.39 is 0 Å². The first-order valence-corrected chi connectivity index (χ1v) is 10.9. The van der Waals surface area contributed by atoms with Crippen LogP contribution in [0, 0.1) is 6.92 Å². The topological polar surface area (TPSA) is 42.0 Å². The Kier molecular flexibility index (Phi) is 6.05. The standard InChI is InChI=1S/C26H24N2OS/c1-18-13-15-21(16-14-18)25-23(28-26(30-25)22-11-7-4-8-12-22)17-24(29)27-19(2)20-9-5-3-6-10-20/h3-16,19H,17H2,1-2H3,(H,27,29). The van der Waals surface area contributed by atoms with Crippen molar-refractivity contribution in [2.24, 2.45) is 0 Å². The maximum Gasteiger partial charge on any atom is 0.226 e. The third kappa shape index (κ3) is 4.66. The highest BCUT2D eigenvalue weighted by Crippen LogP contribution is 2.36. The maximum atomic E-state index is 12.8. The minimum absolute atomic E-state index is 0.0235. The van der Waals surface area contributed by atoms with Gasteiger partial charge in [-0.3, -0.25) is 4.79 Å². The van der Waals surface area contributed by atoms with E-state index in [-0.39, 0.29) is 18.4 Å². The summed E-state index contributed by atoms with van der Waals surface area (Å²) in [6, 6.07) is 28.5. The van der Waals surface area contributed by atoms with Crippen molar-refractivity contribution in [3.63, 3.8) is 0 Å². The number of nitrogens with zero attached hydrogens (tertiary/aromatic N) is 1. The van der Waals surface area contributed by atoms with Crippen molar-refractivity contribution in [2.45, 2.75) is 26.3 Å². The quantitative estimate of drug-likeness (QED) is 0.409. The van der Waals surface area contributed by atoms with Crippen LogP contribution >= 0.6 is 11.3 Å². The van der Waals surface area contributed by atoms with Gasteiger partial charge in [-0.25, -0.2) is 4.98 Å². The van der Waals surface area contributed by atoms with Crippen LogP contribution in [-0.2, 0) is 11.2 Å². The van der Waals surface area contributed by atoms with Crippen LogP contribution in [0.3, 0.4) is 0 Å². The van der Waals surface area contributed by atoms with Gasteiger partial charge in [-0.1, -0.05) is 90.5 Å².